The first-order valence-corrected chi connectivity index (χ1v) is 14.0. The summed E-state index contributed by atoms with van der Waals surface area (Å²) in [7, 11) is -2.28. The van der Waals surface area contributed by atoms with Crippen LogP contribution < -0.4 is 4.72 Å². The van der Waals surface area contributed by atoms with Gasteiger partial charge in [0.15, 0.2) is 0 Å². The lowest BCUT2D eigenvalue weighted by Gasteiger charge is -2.45. The smallest absolute Gasteiger partial charge is 0.264 e. The van der Waals surface area contributed by atoms with Gasteiger partial charge in [0.25, 0.3) is 10.0 Å². The van der Waals surface area contributed by atoms with Crippen molar-refractivity contribution in [1.82, 2.24) is 14.5 Å². The van der Waals surface area contributed by atoms with E-state index in [0.29, 0.717) is 41.1 Å². The number of halogens is 4. The van der Waals surface area contributed by atoms with Crippen molar-refractivity contribution in [3.8, 4) is 0 Å². The molecule has 186 valence electrons. The van der Waals surface area contributed by atoms with Crippen LogP contribution in [0.4, 0.5) is 0 Å². The fourth-order valence-electron chi connectivity index (χ4n) is 4.17. The SMILES string of the molecule is CN=C(NS(=O)(=O)c1ccc(Cl)cc1)N1CCN(C2=CCC(Cl)C=C2Cl)C(c2ccc(Cl)cc2)C1. The molecule has 6 nitrogen and oxygen atoms in total. The minimum absolute atomic E-state index is 0.107. The first-order chi connectivity index (χ1) is 16.7. The van der Waals surface area contributed by atoms with E-state index in [9.17, 15) is 8.42 Å². The Morgan fingerprint density at radius 3 is 2.23 bits per heavy atom. The fraction of sp³-hybridized carbons (Fsp3) is 0.292. The first-order valence-electron chi connectivity index (χ1n) is 10.9. The number of benzene rings is 2. The minimum atomic E-state index is -3.84. The lowest BCUT2D eigenvalue weighted by molar-refractivity contribution is 0.150. The lowest BCUT2D eigenvalue weighted by Crippen LogP contribution is -2.54. The number of rotatable bonds is 4. The number of hydrogen-bond donors (Lipinski definition) is 1. The standard InChI is InChI=1S/C24H24Cl4N4O2S/c1-29-24(30-35(33,34)20-9-6-18(26)7-10-20)31-12-13-32(22-11-8-19(27)14-21(22)28)23(15-31)16-2-4-17(25)5-3-16/h2-7,9-11,14,19,23H,8,12-13,15H2,1H3,(H,29,30). The maximum absolute atomic E-state index is 13.0. The zero-order valence-corrected chi connectivity index (χ0v) is 22.7. The Kier molecular flexibility index (Phi) is 8.23. The van der Waals surface area contributed by atoms with Gasteiger partial charge in [-0.2, -0.15) is 0 Å². The molecule has 1 saturated heterocycles. The third kappa shape index (κ3) is 6.09. The predicted octanol–water partition coefficient (Wildman–Crippen LogP) is 5.63. The zero-order valence-electron chi connectivity index (χ0n) is 18.8. The van der Waals surface area contributed by atoms with Crippen molar-refractivity contribution < 1.29 is 8.42 Å². The average molecular weight is 574 g/mol. The Bertz CT molecular complexity index is 1260. The van der Waals surface area contributed by atoms with Crippen LogP contribution in [0.25, 0.3) is 0 Å². The van der Waals surface area contributed by atoms with Crippen LogP contribution in [-0.4, -0.2) is 56.2 Å². The van der Waals surface area contributed by atoms with Gasteiger partial charge in [-0.25, -0.2) is 13.1 Å². The molecular weight excluding hydrogens is 550 g/mol. The number of hydrogen-bond acceptors (Lipinski definition) is 4. The summed E-state index contributed by atoms with van der Waals surface area (Å²) < 4.78 is 28.6. The molecule has 1 heterocycles. The van der Waals surface area contributed by atoms with Crippen LogP contribution in [0, 0.1) is 0 Å². The van der Waals surface area contributed by atoms with E-state index in [1.54, 1.807) is 7.05 Å². The van der Waals surface area contributed by atoms with Gasteiger partial charge >= 0.3 is 0 Å². The molecule has 11 heteroatoms. The van der Waals surface area contributed by atoms with Gasteiger partial charge in [0, 0.05) is 36.7 Å². The van der Waals surface area contributed by atoms with Crippen molar-refractivity contribution in [2.75, 3.05) is 26.7 Å². The summed E-state index contributed by atoms with van der Waals surface area (Å²) in [5.74, 6) is 0.263. The van der Waals surface area contributed by atoms with Crippen LogP contribution in [0.15, 0.2) is 81.3 Å². The number of guanidine groups is 1. The highest BCUT2D eigenvalue weighted by molar-refractivity contribution is 7.90. The summed E-state index contributed by atoms with van der Waals surface area (Å²) in [4.78, 5) is 8.52. The molecule has 0 aromatic heterocycles. The van der Waals surface area contributed by atoms with Crippen LogP contribution >= 0.6 is 46.4 Å². The van der Waals surface area contributed by atoms with Gasteiger partial charge in [-0.05, 0) is 54.5 Å². The number of alkyl halides is 1. The fourth-order valence-corrected chi connectivity index (χ4v) is 6.11. The normalized spacial score (nSPS) is 21.5. The second-order valence-electron chi connectivity index (χ2n) is 8.17. The highest BCUT2D eigenvalue weighted by atomic mass is 35.5. The molecule has 2 atom stereocenters. The third-order valence-electron chi connectivity index (χ3n) is 5.91. The van der Waals surface area contributed by atoms with Gasteiger partial charge in [-0.1, -0.05) is 53.0 Å². The maximum atomic E-state index is 13.0. The molecule has 2 aliphatic rings. The Labute approximate surface area is 225 Å². The lowest BCUT2D eigenvalue weighted by atomic mass is 10.00. The molecular formula is C24H24Cl4N4O2S. The summed E-state index contributed by atoms with van der Waals surface area (Å²) in [6, 6.07) is 13.5. The summed E-state index contributed by atoms with van der Waals surface area (Å²) in [6.07, 6.45) is 4.59. The van der Waals surface area contributed by atoms with E-state index in [-0.39, 0.29) is 22.3 Å². The van der Waals surface area contributed by atoms with Crippen molar-refractivity contribution in [2.45, 2.75) is 22.7 Å². The molecule has 1 aliphatic carbocycles. The number of nitrogens with zero attached hydrogens (tertiary/aromatic N) is 3. The van der Waals surface area contributed by atoms with Crippen molar-refractivity contribution in [3.63, 3.8) is 0 Å². The molecule has 0 saturated carbocycles. The topological polar surface area (TPSA) is 65.0 Å². The van der Waals surface area contributed by atoms with Gasteiger partial charge in [-0.15, -0.1) is 11.6 Å². The predicted molar refractivity (Wildman–Crippen MR) is 144 cm³/mol. The average Bonchev–Trinajstić information content (AvgIpc) is 2.83. The highest BCUT2D eigenvalue weighted by Crippen LogP contribution is 2.36. The van der Waals surface area contributed by atoms with Gasteiger partial charge in [0.05, 0.1) is 27.0 Å². The number of allylic oxidation sites excluding steroid dienone is 3. The highest BCUT2D eigenvalue weighted by Gasteiger charge is 2.34. The maximum Gasteiger partial charge on any atom is 0.264 e. The summed E-state index contributed by atoms with van der Waals surface area (Å²) in [6.45, 7) is 1.60. The second kappa shape index (κ2) is 11.0. The summed E-state index contributed by atoms with van der Waals surface area (Å²) in [5, 5.41) is 1.57. The van der Waals surface area contributed by atoms with E-state index in [1.807, 2.05) is 35.2 Å². The van der Waals surface area contributed by atoms with Crippen LogP contribution in [0.5, 0.6) is 0 Å². The Morgan fingerprint density at radius 1 is 1.00 bits per heavy atom. The number of nitrogens with one attached hydrogen (secondary N) is 1. The summed E-state index contributed by atoms with van der Waals surface area (Å²) in [5.41, 5.74) is 1.94. The Hall–Kier alpha value is -1.90. The monoisotopic (exact) mass is 572 g/mol. The van der Waals surface area contributed by atoms with Crippen molar-refractivity contribution >= 4 is 62.4 Å². The van der Waals surface area contributed by atoms with Gasteiger partial charge < -0.3 is 9.80 Å². The van der Waals surface area contributed by atoms with Crippen LogP contribution in [0.2, 0.25) is 10.0 Å². The molecule has 2 unspecified atom stereocenters. The molecule has 2 aromatic carbocycles. The molecule has 0 spiro atoms. The van der Waals surface area contributed by atoms with Gasteiger partial charge in [0.1, 0.15) is 0 Å². The van der Waals surface area contributed by atoms with Crippen molar-refractivity contribution in [2.24, 2.45) is 4.99 Å². The molecule has 35 heavy (non-hydrogen) atoms. The molecule has 1 fully saturated rings. The van der Waals surface area contributed by atoms with E-state index in [0.717, 1.165) is 11.3 Å². The van der Waals surface area contributed by atoms with Crippen LogP contribution in [-0.2, 0) is 10.0 Å². The van der Waals surface area contributed by atoms with Crippen LogP contribution in [0.3, 0.4) is 0 Å². The Morgan fingerprint density at radius 2 is 1.63 bits per heavy atom. The number of piperazine rings is 1. The Balaban J connectivity index is 1.61. The molecule has 1 aliphatic heterocycles. The van der Waals surface area contributed by atoms with E-state index in [1.165, 1.54) is 24.3 Å². The molecule has 0 radical (unpaired) electrons. The van der Waals surface area contributed by atoms with Crippen molar-refractivity contribution in [3.05, 3.63) is 87.0 Å². The number of aliphatic imine (C=N–C) groups is 1. The minimum Gasteiger partial charge on any atom is -0.360 e. The largest absolute Gasteiger partial charge is 0.360 e. The van der Waals surface area contributed by atoms with Gasteiger partial charge in [-0.3, -0.25) is 4.99 Å². The zero-order chi connectivity index (χ0) is 25.2. The third-order valence-corrected chi connectivity index (χ3v) is 8.39. The molecule has 0 bridgehead atoms. The van der Waals surface area contributed by atoms with E-state index < -0.39 is 10.0 Å². The molecule has 2 aromatic rings. The first kappa shape index (κ1) is 26.2. The number of sulfonamides is 1. The molecule has 1 N–H and O–H groups in total. The van der Waals surface area contributed by atoms with E-state index in [4.69, 9.17) is 46.4 Å². The van der Waals surface area contributed by atoms with Crippen LogP contribution in [0.1, 0.15) is 18.0 Å². The summed E-state index contributed by atoms with van der Waals surface area (Å²) >= 11 is 24.9. The van der Waals surface area contributed by atoms with Gasteiger partial charge in [0.2, 0.25) is 5.96 Å². The molecule has 4 rings (SSSR count). The second-order valence-corrected chi connectivity index (χ2v) is 11.7. The molecule has 0 amide bonds. The van der Waals surface area contributed by atoms with Crippen molar-refractivity contribution in [1.29, 1.82) is 0 Å². The van der Waals surface area contributed by atoms with E-state index >= 15 is 0 Å². The van der Waals surface area contributed by atoms with E-state index in [2.05, 4.69) is 20.7 Å². The quantitative estimate of drug-likeness (QED) is 0.292.